The quantitative estimate of drug-likeness (QED) is 0.902. The summed E-state index contributed by atoms with van der Waals surface area (Å²) in [6.07, 6.45) is 2.89. The Morgan fingerprint density at radius 3 is 2.95 bits per heavy atom. The minimum atomic E-state index is -0.947. The molecule has 2 aromatic heterocycles. The van der Waals surface area contributed by atoms with Crippen LogP contribution >= 0.6 is 0 Å². The van der Waals surface area contributed by atoms with Crippen LogP contribution in [0, 0.1) is 6.92 Å². The fourth-order valence-corrected chi connectivity index (χ4v) is 2.64. The zero-order chi connectivity index (χ0) is 14.8. The Hall–Kier alpha value is -2.43. The van der Waals surface area contributed by atoms with Crippen molar-refractivity contribution in [3.05, 3.63) is 52.5 Å². The summed E-state index contributed by atoms with van der Waals surface area (Å²) in [6, 6.07) is 7.53. The summed E-state index contributed by atoms with van der Waals surface area (Å²) in [7, 11) is 0. The highest BCUT2D eigenvalue weighted by Gasteiger charge is 2.19. The number of hydrogen-bond acceptors (Lipinski definition) is 4. The molecule has 0 spiro atoms. The van der Waals surface area contributed by atoms with Gasteiger partial charge in [0.05, 0.1) is 12.2 Å². The number of rotatable bonds is 4. The van der Waals surface area contributed by atoms with E-state index in [-0.39, 0.29) is 5.56 Å². The number of pyridine rings is 2. The van der Waals surface area contributed by atoms with Gasteiger partial charge in [-0.3, -0.25) is 4.98 Å². The highest BCUT2D eigenvalue weighted by molar-refractivity contribution is 5.93. The Bertz CT molecular complexity index is 698. The Labute approximate surface area is 123 Å². The van der Waals surface area contributed by atoms with Crippen LogP contribution in [0.4, 0.5) is 5.82 Å². The molecule has 0 fully saturated rings. The van der Waals surface area contributed by atoms with Crippen molar-refractivity contribution >= 4 is 11.8 Å². The molecule has 0 atom stereocenters. The number of aromatic nitrogens is 2. The van der Waals surface area contributed by atoms with E-state index in [4.69, 9.17) is 0 Å². The lowest BCUT2D eigenvalue weighted by atomic mass is 10.1. The van der Waals surface area contributed by atoms with Crippen LogP contribution < -0.4 is 5.32 Å². The van der Waals surface area contributed by atoms with Gasteiger partial charge in [-0.05, 0) is 49.9 Å². The minimum absolute atomic E-state index is 0.239. The molecule has 5 nitrogen and oxygen atoms in total. The lowest BCUT2D eigenvalue weighted by Gasteiger charge is -2.11. The summed E-state index contributed by atoms with van der Waals surface area (Å²) in [5.74, 6) is -0.511. The number of carboxylic acid groups (broad SMARTS) is 1. The Kier molecular flexibility index (Phi) is 3.56. The zero-order valence-electron chi connectivity index (χ0n) is 11.9. The van der Waals surface area contributed by atoms with Gasteiger partial charge in [0.15, 0.2) is 0 Å². The molecule has 108 valence electrons. The molecule has 0 bridgehead atoms. The summed E-state index contributed by atoms with van der Waals surface area (Å²) < 4.78 is 0. The molecule has 0 amide bonds. The lowest BCUT2D eigenvalue weighted by molar-refractivity contribution is 0.0697. The van der Waals surface area contributed by atoms with E-state index in [1.807, 2.05) is 25.1 Å². The SMILES string of the molecule is Cc1cccc(CNc2nc3c(cc2C(=O)O)CCC3)n1. The maximum atomic E-state index is 11.4. The van der Waals surface area contributed by atoms with Crippen LogP contribution in [0.1, 0.15) is 39.4 Å². The topological polar surface area (TPSA) is 75.1 Å². The highest BCUT2D eigenvalue weighted by atomic mass is 16.4. The molecular formula is C16H17N3O2. The Morgan fingerprint density at radius 1 is 1.33 bits per heavy atom. The van der Waals surface area contributed by atoms with E-state index >= 15 is 0 Å². The number of aromatic carboxylic acids is 1. The third-order valence-corrected chi connectivity index (χ3v) is 3.66. The van der Waals surface area contributed by atoms with Crippen LogP contribution in [0.25, 0.3) is 0 Å². The maximum absolute atomic E-state index is 11.4. The molecule has 21 heavy (non-hydrogen) atoms. The van der Waals surface area contributed by atoms with Crippen molar-refractivity contribution in [1.82, 2.24) is 9.97 Å². The van der Waals surface area contributed by atoms with Crippen molar-refractivity contribution in [2.75, 3.05) is 5.32 Å². The van der Waals surface area contributed by atoms with Gasteiger partial charge in [-0.1, -0.05) is 6.07 Å². The van der Waals surface area contributed by atoms with Crippen LogP contribution in [0.5, 0.6) is 0 Å². The fraction of sp³-hybridized carbons (Fsp3) is 0.312. The summed E-state index contributed by atoms with van der Waals surface area (Å²) >= 11 is 0. The van der Waals surface area contributed by atoms with Crippen molar-refractivity contribution in [3.8, 4) is 0 Å². The summed E-state index contributed by atoms with van der Waals surface area (Å²) in [5.41, 5.74) is 4.12. The van der Waals surface area contributed by atoms with Gasteiger partial charge in [0, 0.05) is 11.4 Å². The van der Waals surface area contributed by atoms with Gasteiger partial charge < -0.3 is 10.4 Å². The highest BCUT2D eigenvalue weighted by Crippen LogP contribution is 2.25. The predicted octanol–water partition coefficient (Wildman–Crippen LogP) is 2.58. The first-order valence-corrected chi connectivity index (χ1v) is 7.06. The predicted molar refractivity (Wildman–Crippen MR) is 79.5 cm³/mol. The van der Waals surface area contributed by atoms with E-state index in [0.29, 0.717) is 12.4 Å². The normalized spacial score (nSPS) is 13.0. The molecule has 1 aliphatic carbocycles. The number of nitrogens with zero attached hydrogens (tertiary/aromatic N) is 2. The number of carbonyl (C=O) groups is 1. The van der Waals surface area contributed by atoms with Gasteiger partial charge in [0.1, 0.15) is 11.4 Å². The molecule has 3 rings (SSSR count). The largest absolute Gasteiger partial charge is 0.478 e. The number of hydrogen-bond donors (Lipinski definition) is 2. The van der Waals surface area contributed by atoms with Crippen LogP contribution in [-0.2, 0) is 19.4 Å². The molecule has 5 heteroatoms. The third kappa shape index (κ3) is 2.86. The second-order valence-corrected chi connectivity index (χ2v) is 5.27. The number of aryl methyl sites for hydroxylation is 3. The molecule has 0 unspecified atom stereocenters. The number of anilines is 1. The van der Waals surface area contributed by atoms with E-state index < -0.39 is 5.97 Å². The van der Waals surface area contributed by atoms with E-state index in [9.17, 15) is 9.90 Å². The molecule has 0 saturated heterocycles. The van der Waals surface area contributed by atoms with Crippen LogP contribution in [-0.4, -0.2) is 21.0 Å². The van der Waals surface area contributed by atoms with E-state index in [1.54, 1.807) is 6.07 Å². The van der Waals surface area contributed by atoms with Crippen molar-refractivity contribution in [2.24, 2.45) is 0 Å². The molecule has 2 heterocycles. The molecule has 0 aromatic carbocycles. The summed E-state index contributed by atoms with van der Waals surface area (Å²) in [6.45, 7) is 2.40. The lowest BCUT2D eigenvalue weighted by Crippen LogP contribution is -2.11. The standard InChI is InChI=1S/C16H17N3O2/c1-10-4-2-6-12(18-10)9-17-15-13(16(20)21)8-11-5-3-7-14(11)19-15/h2,4,6,8H,3,5,7,9H2,1H3,(H,17,19)(H,20,21). The molecule has 0 saturated carbocycles. The van der Waals surface area contributed by atoms with Gasteiger partial charge in [0.25, 0.3) is 0 Å². The summed E-state index contributed by atoms with van der Waals surface area (Å²) in [5, 5.41) is 12.5. The van der Waals surface area contributed by atoms with Crippen LogP contribution in [0.3, 0.4) is 0 Å². The van der Waals surface area contributed by atoms with Gasteiger partial charge in [-0.25, -0.2) is 9.78 Å². The maximum Gasteiger partial charge on any atom is 0.339 e. The fourth-order valence-electron chi connectivity index (χ4n) is 2.64. The molecule has 1 aliphatic rings. The van der Waals surface area contributed by atoms with E-state index in [0.717, 1.165) is 41.9 Å². The Morgan fingerprint density at radius 2 is 2.19 bits per heavy atom. The van der Waals surface area contributed by atoms with E-state index in [2.05, 4.69) is 15.3 Å². The smallest absolute Gasteiger partial charge is 0.339 e. The molecule has 0 aliphatic heterocycles. The third-order valence-electron chi connectivity index (χ3n) is 3.66. The molecular weight excluding hydrogens is 266 g/mol. The van der Waals surface area contributed by atoms with Crippen molar-refractivity contribution in [3.63, 3.8) is 0 Å². The van der Waals surface area contributed by atoms with Crippen LogP contribution in [0.15, 0.2) is 24.3 Å². The monoisotopic (exact) mass is 283 g/mol. The second kappa shape index (κ2) is 5.52. The summed E-state index contributed by atoms with van der Waals surface area (Å²) in [4.78, 5) is 20.3. The Balaban J connectivity index is 1.86. The zero-order valence-corrected chi connectivity index (χ0v) is 11.9. The molecule has 0 radical (unpaired) electrons. The first-order valence-electron chi connectivity index (χ1n) is 7.06. The number of fused-ring (bicyclic) bond motifs is 1. The van der Waals surface area contributed by atoms with Gasteiger partial charge in [-0.15, -0.1) is 0 Å². The van der Waals surface area contributed by atoms with Crippen LogP contribution in [0.2, 0.25) is 0 Å². The van der Waals surface area contributed by atoms with Crippen molar-refractivity contribution in [1.29, 1.82) is 0 Å². The van der Waals surface area contributed by atoms with Gasteiger partial charge >= 0.3 is 5.97 Å². The van der Waals surface area contributed by atoms with Gasteiger partial charge in [-0.2, -0.15) is 0 Å². The average Bonchev–Trinajstić information content (AvgIpc) is 2.91. The number of carboxylic acids is 1. The molecule has 2 N–H and O–H groups in total. The first kappa shape index (κ1) is 13.5. The van der Waals surface area contributed by atoms with Gasteiger partial charge in [0.2, 0.25) is 0 Å². The van der Waals surface area contributed by atoms with Crippen molar-refractivity contribution < 1.29 is 9.90 Å². The molecule has 2 aromatic rings. The van der Waals surface area contributed by atoms with Crippen molar-refractivity contribution in [2.45, 2.75) is 32.7 Å². The average molecular weight is 283 g/mol. The number of nitrogens with one attached hydrogen (secondary N) is 1. The first-order chi connectivity index (χ1) is 10.1. The van der Waals surface area contributed by atoms with E-state index in [1.165, 1.54) is 0 Å². The second-order valence-electron chi connectivity index (χ2n) is 5.27. The minimum Gasteiger partial charge on any atom is -0.478 e.